The molecule has 1 atom stereocenters. The maximum Gasteiger partial charge on any atom is 0.254 e. The van der Waals surface area contributed by atoms with Crippen molar-refractivity contribution in [2.75, 3.05) is 13.2 Å². The fourth-order valence-corrected chi connectivity index (χ4v) is 2.56. The van der Waals surface area contributed by atoms with Crippen molar-refractivity contribution in [3.63, 3.8) is 0 Å². The molecule has 1 aromatic heterocycles. The lowest BCUT2D eigenvalue weighted by Gasteiger charge is -2.14. The molecule has 5 nitrogen and oxygen atoms in total. The van der Waals surface area contributed by atoms with E-state index in [1.165, 1.54) is 12.1 Å². The van der Waals surface area contributed by atoms with Gasteiger partial charge in [0.05, 0.1) is 23.1 Å². The molecule has 2 aromatic rings. The van der Waals surface area contributed by atoms with Crippen LogP contribution in [0.4, 0.5) is 4.39 Å². The summed E-state index contributed by atoms with van der Waals surface area (Å²) in [6, 6.07) is 6.02. The van der Waals surface area contributed by atoms with Crippen LogP contribution in [0.25, 0.3) is 5.69 Å². The SMILES string of the molecule is CC(CCO)CNC(=O)c1cnn(-c2ccc(F)cc2)c1C(C)C. The lowest BCUT2D eigenvalue weighted by atomic mass is 10.0. The first-order valence-electron chi connectivity index (χ1n) is 8.17. The van der Waals surface area contributed by atoms with E-state index in [-0.39, 0.29) is 30.2 Å². The Morgan fingerprint density at radius 2 is 1.96 bits per heavy atom. The van der Waals surface area contributed by atoms with Crippen LogP contribution in [-0.4, -0.2) is 33.9 Å². The maximum absolute atomic E-state index is 13.1. The van der Waals surface area contributed by atoms with E-state index >= 15 is 0 Å². The maximum atomic E-state index is 13.1. The molecular weight excluding hydrogens is 309 g/mol. The van der Waals surface area contributed by atoms with Crippen LogP contribution in [-0.2, 0) is 0 Å². The van der Waals surface area contributed by atoms with Gasteiger partial charge in [-0.25, -0.2) is 9.07 Å². The quantitative estimate of drug-likeness (QED) is 0.819. The molecule has 6 heteroatoms. The molecule has 0 aliphatic carbocycles. The van der Waals surface area contributed by atoms with Gasteiger partial charge < -0.3 is 10.4 Å². The number of aromatic nitrogens is 2. The highest BCUT2D eigenvalue weighted by Gasteiger charge is 2.21. The summed E-state index contributed by atoms with van der Waals surface area (Å²) in [4.78, 5) is 12.5. The van der Waals surface area contributed by atoms with Crippen molar-refractivity contribution in [2.24, 2.45) is 5.92 Å². The van der Waals surface area contributed by atoms with Crippen LogP contribution in [0.5, 0.6) is 0 Å². The molecule has 130 valence electrons. The van der Waals surface area contributed by atoms with Crippen LogP contribution in [0.2, 0.25) is 0 Å². The van der Waals surface area contributed by atoms with Crippen molar-refractivity contribution < 1.29 is 14.3 Å². The molecule has 0 spiro atoms. The summed E-state index contributed by atoms with van der Waals surface area (Å²) in [7, 11) is 0. The Labute approximate surface area is 141 Å². The third-order valence-electron chi connectivity index (χ3n) is 3.90. The Morgan fingerprint density at radius 3 is 2.54 bits per heavy atom. The molecule has 0 bridgehead atoms. The number of halogens is 1. The molecule has 0 radical (unpaired) electrons. The second kappa shape index (κ2) is 8.06. The minimum atomic E-state index is -0.312. The highest BCUT2D eigenvalue weighted by molar-refractivity contribution is 5.95. The van der Waals surface area contributed by atoms with Gasteiger partial charge in [-0.3, -0.25) is 4.79 Å². The average Bonchev–Trinajstić information content (AvgIpc) is 2.99. The van der Waals surface area contributed by atoms with Crippen LogP contribution in [0.1, 0.15) is 49.2 Å². The Morgan fingerprint density at radius 1 is 1.29 bits per heavy atom. The van der Waals surface area contributed by atoms with E-state index in [2.05, 4.69) is 10.4 Å². The molecule has 1 unspecified atom stereocenters. The Bertz CT molecular complexity index is 680. The number of nitrogens with one attached hydrogen (secondary N) is 1. The Balaban J connectivity index is 2.25. The predicted molar refractivity (Wildman–Crippen MR) is 90.8 cm³/mol. The van der Waals surface area contributed by atoms with Crippen molar-refractivity contribution in [3.8, 4) is 5.69 Å². The van der Waals surface area contributed by atoms with Crippen LogP contribution < -0.4 is 5.32 Å². The number of rotatable bonds is 7. The van der Waals surface area contributed by atoms with Gasteiger partial charge in [0, 0.05) is 13.2 Å². The average molecular weight is 333 g/mol. The zero-order valence-electron chi connectivity index (χ0n) is 14.3. The number of aliphatic hydroxyl groups is 1. The first-order valence-corrected chi connectivity index (χ1v) is 8.17. The monoisotopic (exact) mass is 333 g/mol. The summed E-state index contributed by atoms with van der Waals surface area (Å²) in [5.41, 5.74) is 2.02. The lowest BCUT2D eigenvalue weighted by molar-refractivity contribution is 0.0944. The number of hydrogen-bond donors (Lipinski definition) is 2. The molecule has 0 saturated heterocycles. The fourth-order valence-electron chi connectivity index (χ4n) is 2.56. The first-order chi connectivity index (χ1) is 11.4. The molecule has 2 rings (SSSR count). The minimum absolute atomic E-state index is 0.0770. The topological polar surface area (TPSA) is 67.2 Å². The molecule has 24 heavy (non-hydrogen) atoms. The van der Waals surface area contributed by atoms with E-state index in [0.717, 1.165) is 5.69 Å². The Kier molecular flexibility index (Phi) is 6.09. The van der Waals surface area contributed by atoms with Gasteiger partial charge in [0.15, 0.2) is 0 Å². The third-order valence-corrected chi connectivity index (χ3v) is 3.90. The molecule has 1 aromatic carbocycles. The molecule has 0 fully saturated rings. The minimum Gasteiger partial charge on any atom is -0.396 e. The summed E-state index contributed by atoms with van der Waals surface area (Å²) >= 11 is 0. The number of amides is 1. The molecular formula is C18H24FN3O2. The first kappa shape index (κ1) is 18.1. The van der Waals surface area contributed by atoms with E-state index < -0.39 is 0 Å². The van der Waals surface area contributed by atoms with Crippen molar-refractivity contribution in [1.82, 2.24) is 15.1 Å². The smallest absolute Gasteiger partial charge is 0.254 e. The third kappa shape index (κ3) is 4.20. The molecule has 1 heterocycles. The number of aliphatic hydroxyl groups excluding tert-OH is 1. The van der Waals surface area contributed by atoms with Crippen molar-refractivity contribution in [1.29, 1.82) is 0 Å². The number of benzene rings is 1. The normalized spacial score (nSPS) is 12.4. The second-order valence-electron chi connectivity index (χ2n) is 6.31. The van der Waals surface area contributed by atoms with Crippen molar-refractivity contribution >= 4 is 5.91 Å². The fraction of sp³-hybridized carbons (Fsp3) is 0.444. The summed E-state index contributed by atoms with van der Waals surface area (Å²) in [6.45, 7) is 6.56. The van der Waals surface area contributed by atoms with Gasteiger partial charge in [-0.05, 0) is 42.5 Å². The number of carbonyl (C=O) groups excluding carboxylic acids is 1. The van der Waals surface area contributed by atoms with E-state index in [4.69, 9.17) is 5.11 Å². The van der Waals surface area contributed by atoms with Crippen molar-refractivity contribution in [2.45, 2.75) is 33.1 Å². The summed E-state index contributed by atoms with van der Waals surface area (Å²) in [5.74, 6) is -0.216. The molecule has 0 saturated carbocycles. The van der Waals surface area contributed by atoms with E-state index in [1.807, 2.05) is 20.8 Å². The van der Waals surface area contributed by atoms with Crippen molar-refractivity contribution in [3.05, 3.63) is 47.5 Å². The second-order valence-corrected chi connectivity index (χ2v) is 6.31. The lowest BCUT2D eigenvalue weighted by Crippen LogP contribution is -2.29. The Hall–Kier alpha value is -2.21. The molecule has 1 amide bonds. The van der Waals surface area contributed by atoms with Crippen LogP contribution in [0, 0.1) is 11.7 Å². The van der Waals surface area contributed by atoms with E-state index in [1.54, 1.807) is 23.0 Å². The van der Waals surface area contributed by atoms with Crippen LogP contribution in [0.3, 0.4) is 0 Å². The van der Waals surface area contributed by atoms with Gasteiger partial charge in [-0.1, -0.05) is 20.8 Å². The van der Waals surface area contributed by atoms with E-state index in [9.17, 15) is 9.18 Å². The molecule has 0 aliphatic heterocycles. The van der Waals surface area contributed by atoms with Gasteiger partial charge in [-0.2, -0.15) is 5.10 Å². The zero-order valence-corrected chi connectivity index (χ0v) is 14.3. The number of nitrogens with zero attached hydrogens (tertiary/aromatic N) is 2. The summed E-state index contributed by atoms with van der Waals surface area (Å²) in [5, 5.41) is 16.1. The zero-order chi connectivity index (χ0) is 17.7. The van der Waals surface area contributed by atoms with Gasteiger partial charge in [0.2, 0.25) is 0 Å². The van der Waals surface area contributed by atoms with Crippen LogP contribution in [0.15, 0.2) is 30.5 Å². The number of hydrogen-bond acceptors (Lipinski definition) is 3. The summed E-state index contributed by atoms with van der Waals surface area (Å²) in [6.07, 6.45) is 2.19. The van der Waals surface area contributed by atoms with Crippen LogP contribution >= 0.6 is 0 Å². The van der Waals surface area contributed by atoms with Gasteiger partial charge >= 0.3 is 0 Å². The van der Waals surface area contributed by atoms with Gasteiger partial charge in [-0.15, -0.1) is 0 Å². The largest absolute Gasteiger partial charge is 0.396 e. The predicted octanol–water partition coefficient (Wildman–Crippen LogP) is 2.88. The molecule has 2 N–H and O–H groups in total. The highest BCUT2D eigenvalue weighted by atomic mass is 19.1. The highest BCUT2D eigenvalue weighted by Crippen LogP contribution is 2.23. The number of carbonyl (C=O) groups is 1. The van der Waals surface area contributed by atoms with E-state index in [0.29, 0.717) is 24.2 Å². The standard InChI is InChI=1S/C18H24FN3O2/c1-12(2)17-16(18(24)20-10-13(3)8-9-23)11-21-22(17)15-6-4-14(19)5-7-15/h4-7,11-13,23H,8-10H2,1-3H3,(H,20,24). The molecule has 0 aliphatic rings. The van der Waals surface area contributed by atoms with Gasteiger partial charge in [0.25, 0.3) is 5.91 Å². The summed E-state index contributed by atoms with van der Waals surface area (Å²) < 4.78 is 14.8. The van der Waals surface area contributed by atoms with Gasteiger partial charge in [0.1, 0.15) is 5.82 Å².